The van der Waals surface area contributed by atoms with Gasteiger partial charge in [0.25, 0.3) is 0 Å². The lowest BCUT2D eigenvalue weighted by Gasteiger charge is -2.20. The Hall–Kier alpha value is -1.99. The molecule has 1 aromatic rings. The molecule has 1 saturated carbocycles. The maximum atomic E-state index is 6.36. The molecule has 7 nitrogen and oxygen atoms in total. The van der Waals surface area contributed by atoms with Gasteiger partial charge in [0, 0.05) is 31.7 Å². The first-order chi connectivity index (χ1) is 15.7. The number of nitrogens with one attached hydrogen (secondary N) is 2. The summed E-state index contributed by atoms with van der Waals surface area (Å²) >= 11 is 0. The third kappa shape index (κ3) is 7.85. The number of nitrogens with zero attached hydrogens (tertiary/aromatic N) is 3. The number of aliphatic imine (C=N–C) groups is 1. The highest BCUT2D eigenvalue weighted by molar-refractivity contribution is 5.79. The van der Waals surface area contributed by atoms with Crippen LogP contribution in [0.25, 0.3) is 0 Å². The summed E-state index contributed by atoms with van der Waals surface area (Å²) in [6.45, 7) is 10.3. The van der Waals surface area contributed by atoms with E-state index in [9.17, 15) is 0 Å². The van der Waals surface area contributed by atoms with Crippen molar-refractivity contribution < 1.29 is 9.47 Å². The molecular weight excluding hydrogens is 402 g/mol. The first-order valence-corrected chi connectivity index (χ1v) is 12.4. The summed E-state index contributed by atoms with van der Waals surface area (Å²) in [5.74, 6) is 2.51. The van der Waals surface area contributed by atoms with E-state index in [4.69, 9.17) is 14.5 Å². The van der Waals surface area contributed by atoms with Crippen molar-refractivity contribution in [1.82, 2.24) is 20.4 Å². The Bertz CT molecular complexity index is 706. The van der Waals surface area contributed by atoms with Gasteiger partial charge in [-0.1, -0.05) is 12.1 Å². The van der Waals surface area contributed by atoms with Crippen LogP contribution in [0.15, 0.2) is 23.2 Å². The quantitative estimate of drug-likeness (QED) is 0.328. The van der Waals surface area contributed by atoms with Gasteiger partial charge in [0.15, 0.2) is 17.5 Å². The van der Waals surface area contributed by atoms with Crippen LogP contribution in [0.3, 0.4) is 0 Å². The third-order valence-electron chi connectivity index (χ3n) is 6.37. The second-order valence-corrected chi connectivity index (χ2v) is 8.95. The predicted molar refractivity (Wildman–Crippen MR) is 132 cm³/mol. The summed E-state index contributed by atoms with van der Waals surface area (Å²) in [6, 6.07) is 6.09. The molecule has 0 radical (unpaired) electrons. The van der Waals surface area contributed by atoms with Gasteiger partial charge in [-0.05, 0) is 78.2 Å². The maximum absolute atomic E-state index is 6.36. The molecule has 0 spiro atoms. The van der Waals surface area contributed by atoms with E-state index in [1.165, 1.54) is 45.4 Å². The van der Waals surface area contributed by atoms with Crippen molar-refractivity contribution in [3.63, 3.8) is 0 Å². The first kappa shape index (κ1) is 24.6. The normalized spacial score (nSPS) is 19.0. The SMILES string of the molecule is CCNC(=NCc1cccc(OC)c1OC1CCCC1)NCCCN1CCCN(C)CC1. The lowest BCUT2D eigenvalue weighted by molar-refractivity contribution is 0.198. The van der Waals surface area contributed by atoms with Crippen LogP contribution in [0.1, 0.15) is 51.0 Å². The molecule has 2 fully saturated rings. The van der Waals surface area contributed by atoms with E-state index in [0.717, 1.165) is 61.9 Å². The Morgan fingerprint density at radius 3 is 2.72 bits per heavy atom. The number of methoxy groups -OCH3 is 1. The third-order valence-corrected chi connectivity index (χ3v) is 6.37. The average molecular weight is 446 g/mol. The van der Waals surface area contributed by atoms with E-state index in [1.807, 2.05) is 12.1 Å². The van der Waals surface area contributed by atoms with E-state index in [1.54, 1.807) is 7.11 Å². The molecule has 0 amide bonds. The van der Waals surface area contributed by atoms with Gasteiger partial charge in [0.05, 0.1) is 19.8 Å². The van der Waals surface area contributed by atoms with E-state index in [-0.39, 0.29) is 0 Å². The molecular formula is C25H43N5O2. The molecule has 0 aromatic heterocycles. The van der Waals surface area contributed by atoms with Crippen molar-refractivity contribution in [2.75, 3.05) is 60.0 Å². The van der Waals surface area contributed by atoms with Gasteiger partial charge >= 0.3 is 0 Å². The van der Waals surface area contributed by atoms with Crippen molar-refractivity contribution in [2.45, 2.75) is 58.1 Å². The van der Waals surface area contributed by atoms with Crippen LogP contribution in [0.2, 0.25) is 0 Å². The predicted octanol–water partition coefficient (Wildman–Crippen LogP) is 3.10. The Balaban J connectivity index is 1.53. The highest BCUT2D eigenvalue weighted by Crippen LogP contribution is 2.35. The summed E-state index contributed by atoms with van der Waals surface area (Å²) in [5, 5.41) is 6.88. The minimum atomic E-state index is 0.291. The largest absolute Gasteiger partial charge is 0.493 e. The molecule has 0 unspecified atom stereocenters. The van der Waals surface area contributed by atoms with Crippen molar-refractivity contribution >= 4 is 5.96 Å². The van der Waals surface area contributed by atoms with Crippen LogP contribution in [0, 0.1) is 0 Å². The monoisotopic (exact) mass is 445 g/mol. The zero-order valence-electron chi connectivity index (χ0n) is 20.4. The average Bonchev–Trinajstić information content (AvgIpc) is 3.23. The van der Waals surface area contributed by atoms with Gasteiger partial charge in [-0.2, -0.15) is 0 Å². The Labute approximate surface area is 194 Å². The highest BCUT2D eigenvalue weighted by Gasteiger charge is 2.20. The molecule has 1 heterocycles. The van der Waals surface area contributed by atoms with Gasteiger partial charge in [0.2, 0.25) is 0 Å². The highest BCUT2D eigenvalue weighted by atomic mass is 16.5. The molecule has 32 heavy (non-hydrogen) atoms. The lowest BCUT2D eigenvalue weighted by Crippen LogP contribution is -2.39. The summed E-state index contributed by atoms with van der Waals surface area (Å²) in [6.07, 6.45) is 7.41. The number of rotatable bonds is 10. The fraction of sp³-hybridized carbons (Fsp3) is 0.720. The zero-order chi connectivity index (χ0) is 22.6. The van der Waals surface area contributed by atoms with Gasteiger partial charge in [-0.3, -0.25) is 0 Å². The molecule has 0 atom stereocenters. The molecule has 2 N–H and O–H groups in total. The molecule has 0 bridgehead atoms. The number of ether oxygens (including phenoxy) is 2. The topological polar surface area (TPSA) is 61.4 Å². The number of para-hydroxylation sites is 1. The van der Waals surface area contributed by atoms with Gasteiger partial charge in [0.1, 0.15) is 0 Å². The van der Waals surface area contributed by atoms with Crippen LogP contribution in [-0.4, -0.2) is 81.8 Å². The number of hydrogen-bond acceptors (Lipinski definition) is 5. The number of benzene rings is 1. The Morgan fingerprint density at radius 1 is 1.09 bits per heavy atom. The van der Waals surface area contributed by atoms with Crippen LogP contribution < -0.4 is 20.1 Å². The second-order valence-electron chi connectivity index (χ2n) is 8.95. The van der Waals surface area contributed by atoms with Crippen molar-refractivity contribution in [1.29, 1.82) is 0 Å². The smallest absolute Gasteiger partial charge is 0.191 e. The molecule has 180 valence electrons. The van der Waals surface area contributed by atoms with Crippen molar-refractivity contribution in [2.24, 2.45) is 4.99 Å². The zero-order valence-corrected chi connectivity index (χ0v) is 20.4. The van der Waals surface area contributed by atoms with Gasteiger partial charge < -0.3 is 29.9 Å². The van der Waals surface area contributed by atoms with Crippen molar-refractivity contribution in [3.8, 4) is 11.5 Å². The summed E-state index contributed by atoms with van der Waals surface area (Å²) in [4.78, 5) is 9.85. The first-order valence-electron chi connectivity index (χ1n) is 12.4. The van der Waals surface area contributed by atoms with E-state index in [2.05, 4.69) is 40.5 Å². The fourth-order valence-corrected chi connectivity index (χ4v) is 4.49. The molecule has 3 rings (SSSR count). The fourth-order valence-electron chi connectivity index (χ4n) is 4.49. The number of likely N-dealkylation sites (N-methyl/N-ethyl adjacent to an activating group) is 1. The van der Waals surface area contributed by atoms with Crippen LogP contribution in [0.5, 0.6) is 11.5 Å². The maximum Gasteiger partial charge on any atom is 0.191 e. The molecule has 2 aliphatic rings. The lowest BCUT2D eigenvalue weighted by atomic mass is 10.1. The molecule has 1 saturated heterocycles. The van der Waals surface area contributed by atoms with E-state index >= 15 is 0 Å². The van der Waals surface area contributed by atoms with Gasteiger partial charge in [-0.15, -0.1) is 0 Å². The minimum absolute atomic E-state index is 0.291. The Morgan fingerprint density at radius 2 is 1.94 bits per heavy atom. The van der Waals surface area contributed by atoms with Crippen LogP contribution in [0.4, 0.5) is 0 Å². The number of hydrogen-bond donors (Lipinski definition) is 2. The Kier molecular flexibility index (Phi) is 10.4. The van der Waals surface area contributed by atoms with E-state index in [0.29, 0.717) is 12.6 Å². The molecule has 1 aliphatic heterocycles. The minimum Gasteiger partial charge on any atom is -0.493 e. The summed E-state index contributed by atoms with van der Waals surface area (Å²) in [7, 11) is 3.93. The number of guanidine groups is 1. The van der Waals surface area contributed by atoms with Crippen molar-refractivity contribution in [3.05, 3.63) is 23.8 Å². The van der Waals surface area contributed by atoms with Crippen LogP contribution >= 0.6 is 0 Å². The standard InChI is InChI=1S/C25H43N5O2/c1-4-26-25(27-14-8-16-30-17-9-15-29(2)18-19-30)28-20-21-10-7-13-23(31-3)24(21)32-22-11-5-6-12-22/h7,10,13,22H,4-6,8-9,11-12,14-20H2,1-3H3,(H2,26,27,28). The molecule has 7 heteroatoms. The summed E-state index contributed by atoms with van der Waals surface area (Å²) < 4.78 is 12.0. The van der Waals surface area contributed by atoms with E-state index < -0.39 is 0 Å². The summed E-state index contributed by atoms with van der Waals surface area (Å²) in [5.41, 5.74) is 1.07. The molecule has 1 aliphatic carbocycles. The second kappa shape index (κ2) is 13.5. The molecule has 1 aromatic carbocycles. The van der Waals surface area contributed by atoms with Crippen LogP contribution in [-0.2, 0) is 6.54 Å². The van der Waals surface area contributed by atoms with Gasteiger partial charge in [-0.25, -0.2) is 4.99 Å².